The van der Waals surface area contributed by atoms with Crippen LogP contribution in [0.2, 0.25) is 0 Å². The van der Waals surface area contributed by atoms with Crippen molar-refractivity contribution in [1.29, 1.82) is 0 Å². The van der Waals surface area contributed by atoms with Crippen LogP contribution in [-0.2, 0) is 5.41 Å². The topological polar surface area (TPSA) is 35.0 Å². The lowest BCUT2D eigenvalue weighted by atomic mass is 9.66. The second-order valence-electron chi connectivity index (χ2n) is 15.9. The van der Waals surface area contributed by atoms with Gasteiger partial charge < -0.3 is 4.74 Å². The zero-order valence-electron chi connectivity index (χ0n) is 32.8. The summed E-state index contributed by atoms with van der Waals surface area (Å²) in [6.45, 7) is 0. The van der Waals surface area contributed by atoms with Crippen LogP contribution in [-0.4, -0.2) is 9.97 Å². The number of hydrogen-bond donors (Lipinski definition) is 0. The third kappa shape index (κ3) is 4.91. The monoisotopic (exact) mass is 794 g/mol. The van der Waals surface area contributed by atoms with Crippen molar-refractivity contribution in [3.63, 3.8) is 0 Å². The average Bonchev–Trinajstić information content (AvgIpc) is 3.86. The van der Waals surface area contributed by atoms with E-state index in [0.29, 0.717) is 5.82 Å². The first-order valence-corrected chi connectivity index (χ1v) is 21.6. The second-order valence-corrected chi connectivity index (χ2v) is 17.0. The van der Waals surface area contributed by atoms with Gasteiger partial charge in [0, 0.05) is 32.3 Å². The third-order valence-corrected chi connectivity index (χ3v) is 14.0. The number of para-hydroxylation sites is 2. The van der Waals surface area contributed by atoms with E-state index < -0.39 is 5.41 Å². The molecular weight excluding hydrogens is 761 g/mol. The minimum Gasteiger partial charge on any atom is -0.457 e. The van der Waals surface area contributed by atoms with Gasteiger partial charge in [-0.15, -0.1) is 11.3 Å². The molecule has 0 saturated carbocycles. The Labute approximate surface area is 356 Å². The average molecular weight is 795 g/mol. The molecule has 0 radical (unpaired) electrons. The van der Waals surface area contributed by atoms with Gasteiger partial charge in [-0.3, -0.25) is 0 Å². The van der Waals surface area contributed by atoms with Crippen molar-refractivity contribution in [2.45, 2.75) is 5.41 Å². The summed E-state index contributed by atoms with van der Waals surface area (Å²) in [5, 5.41) is 3.59. The molecule has 1 aliphatic carbocycles. The van der Waals surface area contributed by atoms with Crippen LogP contribution in [0.5, 0.6) is 11.5 Å². The summed E-state index contributed by atoms with van der Waals surface area (Å²) < 4.78 is 8.98. The number of benzene rings is 9. The minimum absolute atomic E-state index is 0.599. The molecule has 2 aromatic heterocycles. The van der Waals surface area contributed by atoms with E-state index in [2.05, 4.69) is 206 Å². The zero-order valence-corrected chi connectivity index (χ0v) is 33.7. The minimum atomic E-state index is -0.599. The number of fused-ring (bicyclic) bond motifs is 14. The summed E-state index contributed by atoms with van der Waals surface area (Å²) in [5.74, 6) is 2.48. The summed E-state index contributed by atoms with van der Waals surface area (Å²) in [6, 6.07) is 74.2. The molecule has 0 N–H and O–H groups in total. The van der Waals surface area contributed by atoms with E-state index in [9.17, 15) is 0 Å². The number of aromatic nitrogens is 2. The maximum atomic E-state index is 6.70. The van der Waals surface area contributed by atoms with Gasteiger partial charge in [0.1, 0.15) is 11.5 Å². The highest BCUT2D eigenvalue weighted by Crippen LogP contribution is 2.64. The fourth-order valence-electron chi connectivity index (χ4n) is 10.2. The molecule has 0 fully saturated rings. The lowest BCUT2D eigenvalue weighted by Gasteiger charge is -2.39. The second kappa shape index (κ2) is 13.2. The Morgan fingerprint density at radius 2 is 0.984 bits per heavy atom. The first-order valence-electron chi connectivity index (χ1n) is 20.7. The molecule has 1 spiro atoms. The molecule has 11 aromatic rings. The van der Waals surface area contributed by atoms with E-state index >= 15 is 0 Å². The first-order chi connectivity index (χ1) is 30.3. The fourth-order valence-corrected chi connectivity index (χ4v) is 11.3. The van der Waals surface area contributed by atoms with Crippen LogP contribution in [0.3, 0.4) is 0 Å². The van der Waals surface area contributed by atoms with E-state index in [1.165, 1.54) is 48.9 Å². The van der Waals surface area contributed by atoms with Crippen LogP contribution in [0.25, 0.3) is 87.1 Å². The zero-order chi connectivity index (χ0) is 40.1. The molecule has 0 unspecified atom stereocenters. The highest BCUT2D eigenvalue weighted by atomic mass is 32.1. The number of ether oxygens (including phenoxy) is 1. The van der Waals surface area contributed by atoms with Gasteiger partial charge in [0.25, 0.3) is 0 Å². The quantitative estimate of drug-likeness (QED) is 0.178. The standard InChI is InChI=1S/C57H34N2OS/c1-2-15-35(16-3-1)36-29-31-38(32-30-36)56-58-53(55-54(59-56)43-21-8-13-28-50(43)61-55)42-20-7-6-19-40(42)41-22-14-25-46-52(41)51-39-18-5-4-17-37(39)33-34-47(51)57(46)44-23-9-11-26-48(44)60-49-27-12-10-24-45(49)57/h1-34H. The number of rotatable bonds is 4. The molecule has 13 rings (SSSR count). The molecule has 4 heteroatoms. The largest absolute Gasteiger partial charge is 0.457 e. The Hall–Kier alpha value is -7.66. The van der Waals surface area contributed by atoms with E-state index in [4.69, 9.17) is 14.7 Å². The van der Waals surface area contributed by atoms with Gasteiger partial charge >= 0.3 is 0 Å². The van der Waals surface area contributed by atoms with E-state index in [1.54, 1.807) is 11.3 Å². The van der Waals surface area contributed by atoms with Crippen molar-refractivity contribution < 1.29 is 4.74 Å². The van der Waals surface area contributed by atoms with Gasteiger partial charge in [-0.25, -0.2) is 9.97 Å². The number of thiophene rings is 1. The van der Waals surface area contributed by atoms with Crippen LogP contribution in [0.1, 0.15) is 22.3 Å². The highest BCUT2D eigenvalue weighted by molar-refractivity contribution is 7.26. The molecular formula is C57H34N2OS. The molecule has 284 valence electrons. The van der Waals surface area contributed by atoms with E-state index in [1.807, 2.05) is 0 Å². The summed E-state index contributed by atoms with van der Waals surface area (Å²) in [4.78, 5) is 10.9. The van der Waals surface area contributed by atoms with Crippen LogP contribution in [0, 0.1) is 0 Å². The summed E-state index contributed by atoms with van der Waals surface area (Å²) in [7, 11) is 0. The lowest BCUT2D eigenvalue weighted by molar-refractivity contribution is 0.436. The van der Waals surface area contributed by atoms with Crippen molar-refractivity contribution in [2.75, 3.05) is 0 Å². The fraction of sp³-hybridized carbons (Fsp3) is 0.0175. The Kier molecular flexibility index (Phi) is 7.39. The predicted octanol–water partition coefficient (Wildman–Crippen LogP) is 15.1. The van der Waals surface area contributed by atoms with Gasteiger partial charge in [-0.05, 0) is 73.5 Å². The molecule has 3 nitrogen and oxygen atoms in total. The van der Waals surface area contributed by atoms with E-state index in [-0.39, 0.29) is 0 Å². The van der Waals surface area contributed by atoms with Gasteiger partial charge in [-0.1, -0.05) is 188 Å². The molecule has 0 bridgehead atoms. The number of hydrogen-bond acceptors (Lipinski definition) is 4. The van der Waals surface area contributed by atoms with Crippen LogP contribution in [0.4, 0.5) is 0 Å². The van der Waals surface area contributed by atoms with Crippen molar-refractivity contribution in [2.24, 2.45) is 0 Å². The Morgan fingerprint density at radius 3 is 1.79 bits per heavy atom. The summed E-state index contributed by atoms with van der Waals surface area (Å²) in [6.07, 6.45) is 0. The molecule has 3 heterocycles. The normalized spacial score (nSPS) is 13.2. The van der Waals surface area contributed by atoms with Gasteiger partial charge in [0.05, 0.1) is 21.3 Å². The molecule has 9 aromatic carbocycles. The highest BCUT2D eigenvalue weighted by Gasteiger charge is 2.52. The SMILES string of the molecule is c1ccc(-c2ccc(-c3nc(-c4ccccc4-c4cccc5c4-c4c(ccc6ccccc46)C54c5ccccc5Oc5ccccc54)c4sc5ccccc5c4n3)cc2)cc1. The van der Waals surface area contributed by atoms with Crippen LogP contribution < -0.4 is 4.74 Å². The molecule has 61 heavy (non-hydrogen) atoms. The number of nitrogens with zero attached hydrogens (tertiary/aromatic N) is 2. The van der Waals surface area contributed by atoms with Gasteiger partial charge in [0.15, 0.2) is 5.82 Å². The molecule has 2 aliphatic rings. The van der Waals surface area contributed by atoms with Crippen LogP contribution in [0.15, 0.2) is 206 Å². The third-order valence-electron chi connectivity index (χ3n) is 12.8. The Morgan fingerprint density at radius 1 is 0.393 bits per heavy atom. The maximum Gasteiger partial charge on any atom is 0.160 e. The molecule has 0 amide bonds. The van der Waals surface area contributed by atoms with Crippen molar-refractivity contribution >= 4 is 42.4 Å². The molecule has 1 aliphatic heterocycles. The predicted molar refractivity (Wildman–Crippen MR) is 252 cm³/mol. The van der Waals surface area contributed by atoms with Crippen LogP contribution >= 0.6 is 11.3 Å². The molecule has 0 saturated heterocycles. The lowest BCUT2D eigenvalue weighted by Crippen LogP contribution is -2.32. The van der Waals surface area contributed by atoms with Crippen molar-refractivity contribution in [1.82, 2.24) is 9.97 Å². The van der Waals surface area contributed by atoms with E-state index in [0.717, 1.165) is 66.2 Å². The van der Waals surface area contributed by atoms with Gasteiger partial charge in [0.2, 0.25) is 0 Å². The maximum absolute atomic E-state index is 6.70. The first kappa shape index (κ1) is 34.2. The Bertz CT molecular complexity index is 3520. The summed E-state index contributed by atoms with van der Waals surface area (Å²) >= 11 is 1.77. The molecule has 0 atom stereocenters. The summed E-state index contributed by atoms with van der Waals surface area (Å²) in [5.41, 5.74) is 15.4. The van der Waals surface area contributed by atoms with Gasteiger partial charge in [-0.2, -0.15) is 0 Å². The smallest absolute Gasteiger partial charge is 0.160 e. The Balaban J connectivity index is 1.10. The van der Waals surface area contributed by atoms with Crippen molar-refractivity contribution in [3.05, 3.63) is 229 Å². The van der Waals surface area contributed by atoms with Crippen molar-refractivity contribution in [3.8, 4) is 67.5 Å².